The van der Waals surface area contributed by atoms with E-state index in [1.165, 1.54) is 114 Å². The third kappa shape index (κ3) is 31.4. The average molecular weight is 543 g/mol. The summed E-state index contributed by atoms with van der Waals surface area (Å²) >= 11 is 1.29. The van der Waals surface area contributed by atoms with Crippen LogP contribution >= 0.6 is 11.8 Å². The fourth-order valence-corrected chi connectivity index (χ4v) is 5.06. The van der Waals surface area contributed by atoms with Gasteiger partial charge < -0.3 is 9.47 Å². The fraction of sp³-hybridized carbons (Fsp3) is 0.938. The molecule has 5 heteroatoms. The lowest BCUT2D eigenvalue weighted by Crippen LogP contribution is -2.13. The molecule has 37 heavy (non-hydrogen) atoms. The quantitative estimate of drug-likeness (QED) is 0.0727. The summed E-state index contributed by atoms with van der Waals surface area (Å²) in [6.45, 7) is 10.2. The van der Waals surface area contributed by atoms with Gasteiger partial charge in [0.05, 0.1) is 24.7 Å². The van der Waals surface area contributed by atoms with Crippen LogP contribution in [0.4, 0.5) is 0 Å². The van der Waals surface area contributed by atoms with Crippen molar-refractivity contribution in [3.63, 3.8) is 0 Å². The highest BCUT2D eigenvalue weighted by atomic mass is 32.2. The van der Waals surface area contributed by atoms with Crippen LogP contribution in [0.15, 0.2) is 0 Å². The Labute approximate surface area is 235 Å². The van der Waals surface area contributed by atoms with E-state index in [9.17, 15) is 9.59 Å². The molecule has 0 radical (unpaired) electrons. The average Bonchev–Trinajstić information content (AvgIpc) is 2.85. The zero-order valence-corrected chi connectivity index (χ0v) is 26.0. The highest BCUT2D eigenvalue weighted by molar-refractivity contribution is 8.00. The first-order chi connectivity index (χ1) is 17.9. The second-order valence-corrected chi connectivity index (χ2v) is 12.6. The molecule has 0 aliphatic carbocycles. The number of carbonyl (C=O) groups is 2. The maximum Gasteiger partial charge on any atom is 0.315 e. The first-order valence-corrected chi connectivity index (χ1v) is 17.0. The van der Waals surface area contributed by atoms with Gasteiger partial charge in [-0.05, 0) is 24.7 Å². The number of hydrogen-bond donors (Lipinski definition) is 0. The third-order valence-electron chi connectivity index (χ3n) is 6.82. The zero-order valence-electron chi connectivity index (χ0n) is 25.2. The lowest BCUT2D eigenvalue weighted by molar-refractivity contribution is -0.140. The van der Waals surface area contributed by atoms with Crippen LogP contribution in [-0.4, -0.2) is 36.7 Å². The zero-order chi connectivity index (χ0) is 27.4. The monoisotopic (exact) mass is 542 g/mol. The first kappa shape index (κ1) is 36.3. The molecule has 4 nitrogen and oxygen atoms in total. The smallest absolute Gasteiger partial charge is 0.315 e. The van der Waals surface area contributed by atoms with E-state index < -0.39 is 0 Å². The Morgan fingerprint density at radius 3 is 1.03 bits per heavy atom. The molecule has 0 atom stereocenters. The van der Waals surface area contributed by atoms with E-state index >= 15 is 0 Å². The molecule has 0 N–H and O–H groups in total. The summed E-state index contributed by atoms with van der Waals surface area (Å²) in [4.78, 5) is 23.6. The van der Waals surface area contributed by atoms with Gasteiger partial charge in [0.25, 0.3) is 0 Å². The standard InChI is InChI=1S/C32H62O4S/c1-29(2)23-19-15-11-7-5-9-13-17-21-25-35-31(33)27-37-28-32(34)36-26-22-18-14-10-6-8-12-16-20-24-30(3)4/h29-30H,5-28H2,1-4H3. The van der Waals surface area contributed by atoms with Gasteiger partial charge >= 0.3 is 11.9 Å². The molecule has 0 amide bonds. The molecule has 0 saturated heterocycles. The minimum Gasteiger partial charge on any atom is -0.465 e. The third-order valence-corrected chi connectivity index (χ3v) is 7.70. The van der Waals surface area contributed by atoms with Crippen molar-refractivity contribution in [3.05, 3.63) is 0 Å². The van der Waals surface area contributed by atoms with Crippen molar-refractivity contribution >= 4 is 23.7 Å². The van der Waals surface area contributed by atoms with Crippen LogP contribution < -0.4 is 0 Å². The van der Waals surface area contributed by atoms with Crippen molar-refractivity contribution in [2.24, 2.45) is 11.8 Å². The minimum atomic E-state index is -0.223. The fourth-order valence-electron chi connectivity index (χ4n) is 4.46. The molecule has 0 unspecified atom stereocenters. The van der Waals surface area contributed by atoms with E-state index in [1.54, 1.807) is 0 Å². The maximum absolute atomic E-state index is 11.8. The first-order valence-electron chi connectivity index (χ1n) is 15.8. The van der Waals surface area contributed by atoms with E-state index in [2.05, 4.69) is 27.7 Å². The summed E-state index contributed by atoms with van der Waals surface area (Å²) in [5.41, 5.74) is 0. The minimum absolute atomic E-state index is 0.223. The number of ether oxygens (including phenoxy) is 2. The Balaban J connectivity index is 3.30. The Morgan fingerprint density at radius 2 is 0.730 bits per heavy atom. The Bertz CT molecular complexity index is 463. The number of esters is 2. The molecule has 0 aromatic carbocycles. The molecule has 0 bridgehead atoms. The summed E-state index contributed by atoms with van der Waals surface area (Å²) in [5, 5.41) is 0. The van der Waals surface area contributed by atoms with Gasteiger partial charge in [0.1, 0.15) is 0 Å². The molecule has 0 heterocycles. The Hall–Kier alpha value is -0.710. The molecule has 0 saturated carbocycles. The molecular formula is C32H62O4S. The summed E-state index contributed by atoms with van der Waals surface area (Å²) in [6, 6.07) is 0. The lowest BCUT2D eigenvalue weighted by Gasteiger charge is -2.07. The second kappa shape index (κ2) is 28.3. The number of carbonyl (C=O) groups excluding carboxylic acids is 2. The van der Waals surface area contributed by atoms with Gasteiger partial charge in [0, 0.05) is 0 Å². The van der Waals surface area contributed by atoms with Gasteiger partial charge in [-0.15, -0.1) is 11.8 Å². The predicted molar refractivity (Wildman–Crippen MR) is 161 cm³/mol. The maximum atomic E-state index is 11.8. The number of thioether (sulfide) groups is 1. The summed E-state index contributed by atoms with van der Waals surface area (Å²) < 4.78 is 10.6. The van der Waals surface area contributed by atoms with Gasteiger partial charge in [-0.25, -0.2) is 0 Å². The molecule has 0 aliphatic rings. The van der Waals surface area contributed by atoms with E-state index in [-0.39, 0.29) is 23.4 Å². The molecule has 220 valence electrons. The van der Waals surface area contributed by atoms with Crippen LogP contribution in [0.5, 0.6) is 0 Å². The van der Waals surface area contributed by atoms with Crippen LogP contribution in [0.3, 0.4) is 0 Å². The molecule has 0 fully saturated rings. The van der Waals surface area contributed by atoms with E-state index in [1.807, 2.05) is 0 Å². The van der Waals surface area contributed by atoms with Crippen molar-refractivity contribution < 1.29 is 19.1 Å². The van der Waals surface area contributed by atoms with Crippen LogP contribution in [0.2, 0.25) is 0 Å². The van der Waals surface area contributed by atoms with Crippen molar-refractivity contribution in [2.45, 2.75) is 156 Å². The van der Waals surface area contributed by atoms with Crippen molar-refractivity contribution in [2.75, 3.05) is 24.7 Å². The molecule has 0 rings (SSSR count). The normalized spacial score (nSPS) is 11.4. The lowest BCUT2D eigenvalue weighted by atomic mass is 10.0. The van der Waals surface area contributed by atoms with Crippen molar-refractivity contribution in [1.29, 1.82) is 0 Å². The van der Waals surface area contributed by atoms with Crippen molar-refractivity contribution in [1.82, 2.24) is 0 Å². The van der Waals surface area contributed by atoms with Crippen LogP contribution in [0.1, 0.15) is 156 Å². The molecule has 0 aliphatic heterocycles. The highest BCUT2D eigenvalue weighted by Gasteiger charge is 2.07. The van der Waals surface area contributed by atoms with Gasteiger partial charge in [-0.2, -0.15) is 0 Å². The van der Waals surface area contributed by atoms with Gasteiger partial charge in [0.2, 0.25) is 0 Å². The summed E-state index contributed by atoms with van der Waals surface area (Å²) in [7, 11) is 0. The number of hydrogen-bond acceptors (Lipinski definition) is 5. The largest absolute Gasteiger partial charge is 0.465 e. The van der Waals surface area contributed by atoms with Gasteiger partial charge in [-0.3, -0.25) is 9.59 Å². The Morgan fingerprint density at radius 1 is 0.459 bits per heavy atom. The molecular weight excluding hydrogens is 480 g/mol. The highest BCUT2D eigenvalue weighted by Crippen LogP contribution is 2.14. The van der Waals surface area contributed by atoms with Gasteiger partial charge in [-0.1, -0.05) is 143 Å². The van der Waals surface area contributed by atoms with Gasteiger partial charge in [0.15, 0.2) is 0 Å². The predicted octanol–water partition coefficient (Wildman–Crippen LogP) is 9.92. The molecule has 0 aromatic heterocycles. The van der Waals surface area contributed by atoms with E-state index in [4.69, 9.17) is 9.47 Å². The summed E-state index contributed by atoms with van der Waals surface area (Å²) in [5.74, 6) is 1.68. The molecule has 0 spiro atoms. The Kier molecular flexibility index (Phi) is 27.8. The number of unbranched alkanes of at least 4 members (excludes halogenated alkanes) is 16. The molecule has 0 aromatic rings. The SMILES string of the molecule is CC(C)CCCCCCCCCCCOC(=O)CSCC(=O)OCCCCCCCCCCCC(C)C. The second-order valence-electron chi connectivity index (χ2n) is 11.7. The van der Waals surface area contributed by atoms with E-state index in [0.29, 0.717) is 13.2 Å². The van der Waals surface area contributed by atoms with Crippen LogP contribution in [-0.2, 0) is 19.1 Å². The number of rotatable bonds is 28. The van der Waals surface area contributed by atoms with Crippen LogP contribution in [0.25, 0.3) is 0 Å². The van der Waals surface area contributed by atoms with Crippen LogP contribution in [0, 0.1) is 11.8 Å². The topological polar surface area (TPSA) is 52.6 Å². The summed E-state index contributed by atoms with van der Waals surface area (Å²) in [6.07, 6.45) is 25.5. The van der Waals surface area contributed by atoms with E-state index in [0.717, 1.165) is 37.5 Å². The van der Waals surface area contributed by atoms with Crippen molar-refractivity contribution in [3.8, 4) is 0 Å².